The monoisotopic (exact) mass is 242 g/mol. The maximum atomic E-state index is 8.74. The molecule has 40 valence electrons. The maximum absolute atomic E-state index is 8.74. The van der Waals surface area contributed by atoms with Gasteiger partial charge in [0.05, 0.1) is 0 Å². The molecule has 0 radical (unpaired) electrons. The van der Waals surface area contributed by atoms with E-state index in [9.17, 15) is 0 Å². The van der Waals surface area contributed by atoms with E-state index in [-0.39, 0.29) is 44.4 Å². The number of hydrogen-bond donors (Lipinski definition) is 2. The average Bonchev–Trinajstić information content (AvgIpc) is 0.722. The van der Waals surface area contributed by atoms with Crippen molar-refractivity contribution in [3.63, 3.8) is 0 Å². The minimum absolute atomic E-state index is 0. The molecule has 0 heterocycles. The summed E-state index contributed by atoms with van der Waals surface area (Å²) in [6, 6.07) is 0. The van der Waals surface area contributed by atoms with Crippen molar-refractivity contribution in [2.45, 2.75) is 0 Å². The minimum Gasteiger partial charge on any atom is -2.00 e. The molecule has 0 aromatic rings. The Morgan fingerprint density at radius 3 is 1.00 bits per heavy atom. The van der Waals surface area contributed by atoms with Crippen molar-refractivity contribution < 1.29 is 62.0 Å². The Bertz CT molecular complexity index is 93.6. The fourth-order valence-electron chi connectivity index (χ4n) is 0. The summed E-state index contributed by atoms with van der Waals surface area (Å²) >= 11 is 0. The molecule has 0 saturated carbocycles. The van der Waals surface area contributed by atoms with E-state index < -0.39 is 10.4 Å². The van der Waals surface area contributed by atoms with Gasteiger partial charge < -0.3 is 5.48 Å². The summed E-state index contributed by atoms with van der Waals surface area (Å²) < 4.78 is 31.6. The molecule has 0 aliphatic rings. The molecule has 5 nitrogen and oxygen atoms in total. The van der Waals surface area contributed by atoms with Crippen LogP contribution in [0.2, 0.25) is 0 Å². The third kappa shape index (κ3) is 225. The first-order valence-electron chi connectivity index (χ1n) is 0.698. The third-order valence-corrected chi connectivity index (χ3v) is 0. The van der Waals surface area contributed by atoms with E-state index in [1.165, 1.54) is 0 Å². The molecule has 0 rings (SSSR count). The normalized spacial score (nSPS) is 7.25. The fraction of sp³-hybridized carbons (Fsp3) is 0. The molecule has 0 saturated heterocycles. The van der Waals surface area contributed by atoms with Gasteiger partial charge in [-0.25, -0.2) is 0 Å². The van der Waals surface area contributed by atoms with E-state index in [4.69, 9.17) is 17.5 Å². The van der Waals surface area contributed by atoms with Crippen LogP contribution in [0.5, 0.6) is 0 Å². The van der Waals surface area contributed by atoms with Crippen molar-refractivity contribution in [3.8, 4) is 0 Å². The first-order valence-corrected chi connectivity index (χ1v) is 2.10. The second-order valence-corrected chi connectivity index (χ2v) is 1.34. The number of rotatable bonds is 0. The van der Waals surface area contributed by atoms with E-state index in [1.807, 2.05) is 0 Å². The predicted molar refractivity (Wildman–Crippen MR) is 14.9 cm³/mol. The van der Waals surface area contributed by atoms with Gasteiger partial charge in [-0.1, -0.05) is 0 Å². The second-order valence-electron chi connectivity index (χ2n) is 0.448. The Morgan fingerprint density at radius 2 is 1.00 bits per heavy atom. The Labute approximate surface area is 72.3 Å². The molecule has 0 aliphatic heterocycles. The van der Waals surface area contributed by atoms with Gasteiger partial charge in [0, 0.05) is 0 Å². The summed E-state index contributed by atoms with van der Waals surface area (Å²) in [5, 5.41) is 0. The third-order valence-electron chi connectivity index (χ3n) is 0. The fourth-order valence-corrected chi connectivity index (χ4v) is 0. The first-order chi connectivity index (χ1) is 2.00. The molecule has 0 amide bonds. The molecule has 0 aromatic heterocycles. The summed E-state index contributed by atoms with van der Waals surface area (Å²) in [7, 11) is -4.67. The molecule has 0 fully saturated rings. The summed E-state index contributed by atoms with van der Waals surface area (Å²) in [6.07, 6.45) is 0. The molecule has 0 aliphatic carbocycles. The molecular formula is H2O5SZn2+2. The Morgan fingerprint density at radius 1 is 1.00 bits per heavy atom. The molecule has 0 atom stereocenters. The summed E-state index contributed by atoms with van der Waals surface area (Å²) in [5.74, 6) is 0. The smallest absolute Gasteiger partial charge is 2.00 e. The molecule has 0 bridgehead atoms. The van der Waals surface area contributed by atoms with Crippen LogP contribution in [0.1, 0.15) is 0 Å². The zero-order valence-electron chi connectivity index (χ0n) is 3.94. The van der Waals surface area contributed by atoms with Gasteiger partial charge in [-0.2, -0.15) is 8.42 Å². The van der Waals surface area contributed by atoms with Gasteiger partial charge in [-0.15, -0.1) is 0 Å². The molecular weight excluding hydrogens is 243 g/mol. The van der Waals surface area contributed by atoms with Gasteiger partial charge in [-0.3, -0.25) is 9.11 Å². The largest absolute Gasteiger partial charge is 2.00 e. The maximum Gasteiger partial charge on any atom is 2.00 e. The SMILES string of the molecule is O=S(=O)(O)O.[O-2].[Zn+2].[Zn+2]. The van der Waals surface area contributed by atoms with E-state index >= 15 is 0 Å². The van der Waals surface area contributed by atoms with Crippen LogP contribution in [0, 0.1) is 0 Å². The second kappa shape index (κ2) is 8.08. The number of hydrogen-bond acceptors (Lipinski definition) is 2. The Balaban J connectivity index is -0.0000000267. The summed E-state index contributed by atoms with van der Waals surface area (Å²) in [4.78, 5) is 0. The standard InChI is InChI=1S/H2O4S.O.2Zn/c1-5(2,3)4;;;/h(H2,1,2,3,4);;;/q;-2;2*+2. The van der Waals surface area contributed by atoms with Gasteiger partial charge in [-0.05, 0) is 0 Å². The average molecular weight is 245 g/mol. The molecule has 2 N–H and O–H groups in total. The Hall–Kier alpha value is 1.08. The van der Waals surface area contributed by atoms with Crippen LogP contribution in [0.25, 0.3) is 0 Å². The molecule has 0 aromatic carbocycles. The molecule has 8 heteroatoms. The van der Waals surface area contributed by atoms with Gasteiger partial charge >= 0.3 is 49.4 Å². The van der Waals surface area contributed by atoms with E-state index in [2.05, 4.69) is 0 Å². The van der Waals surface area contributed by atoms with Gasteiger partial charge in [0.25, 0.3) is 0 Å². The zero-order chi connectivity index (χ0) is 4.50. The van der Waals surface area contributed by atoms with Crippen LogP contribution in [-0.2, 0) is 54.8 Å². The molecule has 0 spiro atoms. The van der Waals surface area contributed by atoms with Crippen LogP contribution in [0.4, 0.5) is 0 Å². The van der Waals surface area contributed by atoms with Crippen molar-refractivity contribution in [1.82, 2.24) is 0 Å². The summed E-state index contributed by atoms with van der Waals surface area (Å²) in [6.45, 7) is 0. The van der Waals surface area contributed by atoms with Crippen molar-refractivity contribution in [2.24, 2.45) is 0 Å². The van der Waals surface area contributed by atoms with Crippen LogP contribution in [-0.4, -0.2) is 17.5 Å². The quantitative estimate of drug-likeness (QED) is 0.431. The van der Waals surface area contributed by atoms with Gasteiger partial charge in [0.2, 0.25) is 0 Å². The van der Waals surface area contributed by atoms with E-state index in [0.717, 1.165) is 0 Å². The van der Waals surface area contributed by atoms with Gasteiger partial charge in [0.15, 0.2) is 0 Å². The van der Waals surface area contributed by atoms with Crippen LogP contribution < -0.4 is 0 Å². The first kappa shape index (κ1) is 23.0. The Kier molecular flexibility index (Phi) is 23.2. The van der Waals surface area contributed by atoms with Crippen molar-refractivity contribution >= 4 is 10.4 Å². The van der Waals surface area contributed by atoms with Crippen molar-refractivity contribution in [1.29, 1.82) is 0 Å². The molecule has 0 unspecified atom stereocenters. The van der Waals surface area contributed by atoms with E-state index in [1.54, 1.807) is 0 Å². The van der Waals surface area contributed by atoms with Crippen molar-refractivity contribution in [3.05, 3.63) is 0 Å². The van der Waals surface area contributed by atoms with E-state index in [0.29, 0.717) is 0 Å². The van der Waals surface area contributed by atoms with Crippen LogP contribution in [0.15, 0.2) is 0 Å². The van der Waals surface area contributed by atoms with Crippen LogP contribution >= 0.6 is 0 Å². The summed E-state index contributed by atoms with van der Waals surface area (Å²) in [5.41, 5.74) is 0. The van der Waals surface area contributed by atoms with Gasteiger partial charge in [0.1, 0.15) is 0 Å². The minimum atomic E-state index is -4.67. The zero-order valence-corrected chi connectivity index (χ0v) is 10.7. The predicted octanol–water partition coefficient (Wildman–Crippen LogP) is -0.777. The van der Waals surface area contributed by atoms with Crippen molar-refractivity contribution in [2.75, 3.05) is 0 Å². The topological polar surface area (TPSA) is 103 Å². The van der Waals surface area contributed by atoms with Crippen LogP contribution in [0.3, 0.4) is 0 Å². The molecule has 8 heavy (non-hydrogen) atoms.